The molecule has 178 valence electrons. The number of carbonyl (C=O) groups is 1. The predicted octanol–water partition coefficient (Wildman–Crippen LogP) is 3.18. The molecule has 0 atom stereocenters. The summed E-state index contributed by atoms with van der Waals surface area (Å²) in [5.41, 5.74) is 5.43. The van der Waals surface area contributed by atoms with Crippen LogP contribution in [-0.4, -0.2) is 53.7 Å². The molecule has 0 aliphatic carbocycles. The quantitative estimate of drug-likeness (QED) is 0.294. The number of nitrogens with one attached hydrogen (secondary N) is 1. The van der Waals surface area contributed by atoms with Gasteiger partial charge in [-0.1, -0.05) is 42.5 Å². The second-order valence-corrected chi connectivity index (χ2v) is 7.33. The van der Waals surface area contributed by atoms with E-state index in [1.807, 2.05) is 42.5 Å². The zero-order valence-corrected chi connectivity index (χ0v) is 19.5. The summed E-state index contributed by atoms with van der Waals surface area (Å²) >= 11 is 0. The summed E-state index contributed by atoms with van der Waals surface area (Å²) in [6.45, 7) is 0.430. The van der Waals surface area contributed by atoms with E-state index in [0.29, 0.717) is 40.7 Å². The number of rotatable bonds is 9. The molecule has 0 radical (unpaired) electrons. The van der Waals surface area contributed by atoms with E-state index in [1.54, 1.807) is 31.4 Å². The van der Waals surface area contributed by atoms with Crippen molar-refractivity contribution in [3.63, 3.8) is 0 Å². The van der Waals surface area contributed by atoms with Crippen molar-refractivity contribution in [2.24, 2.45) is 5.10 Å². The molecule has 1 aromatic heterocycles. The largest absolute Gasteiger partial charge is 0.493 e. The number of ether oxygens (including phenoxy) is 3. The topological polar surface area (TPSA) is 113 Å². The number of methoxy groups -OCH3 is 3. The number of carbonyl (C=O) groups excluding carboxylic acids is 1. The molecule has 0 bridgehead atoms. The molecule has 0 saturated carbocycles. The first kappa shape index (κ1) is 23.4. The van der Waals surface area contributed by atoms with Gasteiger partial charge in [0.2, 0.25) is 11.6 Å². The van der Waals surface area contributed by atoms with Gasteiger partial charge in [0.25, 0.3) is 5.91 Å². The van der Waals surface area contributed by atoms with E-state index in [9.17, 15) is 4.79 Å². The Labute approximate surface area is 202 Å². The maximum Gasteiger partial charge on any atom is 0.271 e. The van der Waals surface area contributed by atoms with Gasteiger partial charge >= 0.3 is 0 Å². The molecule has 1 heterocycles. The van der Waals surface area contributed by atoms with Gasteiger partial charge in [0, 0.05) is 16.7 Å². The number of nitrogens with zero attached hydrogens (tertiary/aromatic N) is 5. The molecular weight excluding hydrogens is 448 g/mol. The van der Waals surface area contributed by atoms with Gasteiger partial charge in [-0.15, -0.1) is 10.2 Å². The number of aromatic nitrogens is 4. The van der Waals surface area contributed by atoms with Gasteiger partial charge in [0.05, 0.1) is 34.1 Å². The molecule has 0 unspecified atom stereocenters. The van der Waals surface area contributed by atoms with Crippen LogP contribution in [0, 0.1) is 0 Å². The van der Waals surface area contributed by atoms with Crippen LogP contribution in [0.2, 0.25) is 0 Å². The maximum absolute atomic E-state index is 12.5. The summed E-state index contributed by atoms with van der Waals surface area (Å²) in [6, 6.07) is 20.2. The fourth-order valence-corrected chi connectivity index (χ4v) is 3.39. The molecule has 3 aromatic carbocycles. The highest BCUT2D eigenvalue weighted by Crippen LogP contribution is 2.38. The van der Waals surface area contributed by atoms with Gasteiger partial charge in [-0.3, -0.25) is 4.79 Å². The average Bonchev–Trinajstić information content (AvgIpc) is 3.37. The first-order valence-corrected chi connectivity index (χ1v) is 10.7. The number of benzene rings is 3. The molecule has 0 saturated heterocycles. The molecule has 10 nitrogen and oxygen atoms in total. The van der Waals surface area contributed by atoms with Crippen molar-refractivity contribution in [2.45, 2.75) is 6.54 Å². The zero-order chi connectivity index (χ0) is 24.6. The van der Waals surface area contributed by atoms with E-state index in [4.69, 9.17) is 14.2 Å². The lowest BCUT2D eigenvalue weighted by Gasteiger charge is -2.13. The molecule has 4 aromatic rings. The third-order valence-electron chi connectivity index (χ3n) is 5.13. The molecule has 35 heavy (non-hydrogen) atoms. The number of amides is 1. The Morgan fingerprint density at radius 1 is 0.943 bits per heavy atom. The summed E-state index contributed by atoms with van der Waals surface area (Å²) in [4.78, 5) is 14.0. The third-order valence-corrected chi connectivity index (χ3v) is 5.13. The molecule has 0 spiro atoms. The monoisotopic (exact) mass is 472 g/mol. The first-order chi connectivity index (χ1) is 17.1. The minimum atomic E-state index is -0.350. The number of hydrogen-bond donors (Lipinski definition) is 1. The van der Waals surface area contributed by atoms with Crippen molar-refractivity contribution in [3.05, 3.63) is 83.4 Å². The Bertz CT molecular complexity index is 1320. The Hall–Kier alpha value is -4.73. The highest BCUT2D eigenvalue weighted by atomic mass is 16.5. The van der Waals surface area contributed by atoms with Crippen LogP contribution in [0.25, 0.3) is 11.4 Å². The van der Waals surface area contributed by atoms with Crippen molar-refractivity contribution in [1.82, 2.24) is 25.6 Å². The lowest BCUT2D eigenvalue weighted by molar-refractivity contribution is 0.0955. The van der Waals surface area contributed by atoms with Gasteiger partial charge in [-0.2, -0.15) is 9.90 Å². The average molecular weight is 473 g/mol. The minimum absolute atomic E-state index is 0.350. The summed E-state index contributed by atoms with van der Waals surface area (Å²) in [7, 11) is 4.58. The van der Waals surface area contributed by atoms with Crippen molar-refractivity contribution < 1.29 is 19.0 Å². The molecule has 10 heteroatoms. The van der Waals surface area contributed by atoms with Crippen molar-refractivity contribution in [2.75, 3.05) is 21.3 Å². The van der Waals surface area contributed by atoms with Gasteiger partial charge in [-0.25, -0.2) is 5.43 Å². The van der Waals surface area contributed by atoms with Crippen LogP contribution in [0.1, 0.15) is 21.5 Å². The molecule has 0 aliphatic rings. The van der Waals surface area contributed by atoms with Crippen LogP contribution in [-0.2, 0) is 6.54 Å². The van der Waals surface area contributed by atoms with E-state index in [1.165, 1.54) is 25.2 Å². The molecule has 0 fully saturated rings. The van der Waals surface area contributed by atoms with Crippen LogP contribution in [0.15, 0.2) is 71.8 Å². The Kier molecular flexibility index (Phi) is 7.31. The lowest BCUT2D eigenvalue weighted by Crippen LogP contribution is -2.17. The van der Waals surface area contributed by atoms with E-state index in [-0.39, 0.29) is 5.91 Å². The normalized spacial score (nSPS) is 10.8. The number of tetrazole rings is 1. The van der Waals surface area contributed by atoms with Gasteiger partial charge < -0.3 is 14.2 Å². The van der Waals surface area contributed by atoms with Crippen LogP contribution < -0.4 is 19.6 Å². The smallest absolute Gasteiger partial charge is 0.271 e. The highest BCUT2D eigenvalue weighted by molar-refractivity contribution is 5.95. The highest BCUT2D eigenvalue weighted by Gasteiger charge is 2.15. The van der Waals surface area contributed by atoms with E-state index < -0.39 is 0 Å². The van der Waals surface area contributed by atoms with Crippen LogP contribution in [0.3, 0.4) is 0 Å². The van der Waals surface area contributed by atoms with Crippen LogP contribution >= 0.6 is 0 Å². The zero-order valence-electron chi connectivity index (χ0n) is 19.5. The van der Waals surface area contributed by atoms with Crippen LogP contribution in [0.5, 0.6) is 17.2 Å². The SMILES string of the molecule is COc1ccc(C=NNC(=O)c2ccc(Cn3nnc(-c4ccccc4)n3)cc2)c(OC)c1OC. The van der Waals surface area contributed by atoms with Gasteiger partial charge in [-0.05, 0) is 35.0 Å². The van der Waals surface area contributed by atoms with E-state index in [0.717, 1.165) is 11.1 Å². The standard InChI is InChI=1S/C25H24N6O4/c1-33-21-14-13-20(22(34-2)23(21)35-3)15-26-28-25(32)19-11-9-17(10-12-19)16-31-29-24(27-30-31)18-7-5-4-6-8-18/h4-15H,16H2,1-3H3,(H,28,32). The van der Waals surface area contributed by atoms with Crippen molar-refractivity contribution in [1.29, 1.82) is 0 Å². The summed E-state index contributed by atoms with van der Waals surface area (Å²) in [5, 5.41) is 16.7. The Morgan fingerprint density at radius 2 is 1.69 bits per heavy atom. The van der Waals surface area contributed by atoms with Gasteiger partial charge in [0.15, 0.2) is 11.5 Å². The molecule has 1 amide bonds. The number of hydrazone groups is 1. The lowest BCUT2D eigenvalue weighted by atomic mass is 10.1. The maximum atomic E-state index is 12.5. The fourth-order valence-electron chi connectivity index (χ4n) is 3.39. The summed E-state index contributed by atoms with van der Waals surface area (Å²) < 4.78 is 16.0. The molecular formula is C25H24N6O4. The third kappa shape index (κ3) is 5.44. The second kappa shape index (κ2) is 10.9. The summed E-state index contributed by atoms with van der Waals surface area (Å²) in [6.07, 6.45) is 1.48. The van der Waals surface area contributed by atoms with E-state index in [2.05, 4.69) is 25.9 Å². The number of hydrogen-bond acceptors (Lipinski definition) is 8. The Balaban J connectivity index is 1.38. The molecule has 4 rings (SSSR count). The Morgan fingerprint density at radius 3 is 2.37 bits per heavy atom. The molecule has 0 aliphatic heterocycles. The van der Waals surface area contributed by atoms with Crippen molar-refractivity contribution in [3.8, 4) is 28.6 Å². The van der Waals surface area contributed by atoms with Gasteiger partial charge in [0.1, 0.15) is 0 Å². The first-order valence-electron chi connectivity index (χ1n) is 10.7. The van der Waals surface area contributed by atoms with Crippen LogP contribution in [0.4, 0.5) is 0 Å². The summed E-state index contributed by atoms with van der Waals surface area (Å²) in [5.74, 6) is 1.64. The minimum Gasteiger partial charge on any atom is -0.493 e. The fraction of sp³-hybridized carbons (Fsp3) is 0.160. The van der Waals surface area contributed by atoms with Crippen molar-refractivity contribution >= 4 is 12.1 Å². The predicted molar refractivity (Wildman–Crippen MR) is 130 cm³/mol. The molecule has 1 N–H and O–H groups in total. The second-order valence-electron chi connectivity index (χ2n) is 7.33. The van der Waals surface area contributed by atoms with E-state index >= 15 is 0 Å².